The predicted octanol–water partition coefficient (Wildman–Crippen LogP) is 0.697. The fourth-order valence-corrected chi connectivity index (χ4v) is 0.836. The van der Waals surface area contributed by atoms with E-state index in [-0.39, 0.29) is 12.4 Å². The second kappa shape index (κ2) is 3.16. The number of carbonyl (C=O) groups excluding carboxylic acids is 1. The highest BCUT2D eigenvalue weighted by Gasteiger charge is 2.00. The number of phenols is 1. The topological polar surface area (TPSA) is 57.5 Å². The molecule has 0 atom stereocenters. The summed E-state index contributed by atoms with van der Waals surface area (Å²) in [6.07, 6.45) is 0.602. The Kier molecular flexibility index (Phi) is 2.23. The van der Waals surface area contributed by atoms with Crippen LogP contribution in [0.25, 0.3) is 0 Å². The minimum Gasteiger partial charge on any atom is -0.508 e. The Morgan fingerprint density at radius 3 is 2.73 bits per heavy atom. The van der Waals surface area contributed by atoms with Crippen molar-refractivity contribution in [2.45, 2.75) is 6.61 Å². The molecule has 1 aromatic rings. The number of phenolic OH excluding ortho intramolecular Hbond substituents is 1. The SMILES string of the molecule is O=Cc1cc(O)ccc1CO. The molecule has 0 aromatic heterocycles. The molecule has 0 saturated heterocycles. The number of aromatic hydroxyl groups is 1. The highest BCUT2D eigenvalue weighted by molar-refractivity contribution is 5.77. The Morgan fingerprint density at radius 1 is 1.45 bits per heavy atom. The van der Waals surface area contributed by atoms with Crippen molar-refractivity contribution in [3.63, 3.8) is 0 Å². The van der Waals surface area contributed by atoms with Crippen molar-refractivity contribution in [2.24, 2.45) is 0 Å². The van der Waals surface area contributed by atoms with Gasteiger partial charge < -0.3 is 10.2 Å². The van der Waals surface area contributed by atoms with Crippen molar-refractivity contribution < 1.29 is 15.0 Å². The number of aliphatic hydroxyl groups excluding tert-OH is 1. The largest absolute Gasteiger partial charge is 0.508 e. The molecular weight excluding hydrogens is 144 g/mol. The Bertz CT molecular complexity index is 268. The molecule has 0 fully saturated rings. The molecule has 1 aromatic carbocycles. The van der Waals surface area contributed by atoms with Gasteiger partial charge in [-0.1, -0.05) is 6.07 Å². The number of carbonyl (C=O) groups is 1. The van der Waals surface area contributed by atoms with Crippen LogP contribution >= 0.6 is 0 Å². The van der Waals surface area contributed by atoms with Gasteiger partial charge in [-0.3, -0.25) is 4.79 Å². The molecule has 0 unspecified atom stereocenters. The van der Waals surface area contributed by atoms with Crippen LogP contribution in [0, 0.1) is 0 Å². The van der Waals surface area contributed by atoms with E-state index in [1.165, 1.54) is 18.2 Å². The van der Waals surface area contributed by atoms with E-state index in [1.807, 2.05) is 0 Å². The van der Waals surface area contributed by atoms with Gasteiger partial charge in [0.05, 0.1) is 6.61 Å². The van der Waals surface area contributed by atoms with Gasteiger partial charge in [0, 0.05) is 5.56 Å². The van der Waals surface area contributed by atoms with Crippen LogP contribution in [0.3, 0.4) is 0 Å². The van der Waals surface area contributed by atoms with Gasteiger partial charge in [-0.25, -0.2) is 0 Å². The summed E-state index contributed by atoms with van der Waals surface area (Å²) in [6, 6.07) is 4.26. The summed E-state index contributed by atoms with van der Waals surface area (Å²) >= 11 is 0. The van der Waals surface area contributed by atoms with Crippen molar-refractivity contribution in [3.8, 4) is 5.75 Å². The number of hydrogen-bond donors (Lipinski definition) is 2. The van der Waals surface area contributed by atoms with Crippen LogP contribution in [0.5, 0.6) is 5.75 Å². The molecule has 3 heteroatoms. The Labute approximate surface area is 63.9 Å². The summed E-state index contributed by atoms with van der Waals surface area (Å²) in [5.74, 6) is 0.0318. The molecule has 2 N–H and O–H groups in total. The fourth-order valence-electron chi connectivity index (χ4n) is 0.836. The van der Waals surface area contributed by atoms with E-state index in [4.69, 9.17) is 10.2 Å². The third-order valence-corrected chi connectivity index (χ3v) is 1.43. The zero-order chi connectivity index (χ0) is 8.27. The van der Waals surface area contributed by atoms with Gasteiger partial charge in [0.1, 0.15) is 5.75 Å². The van der Waals surface area contributed by atoms with E-state index in [0.717, 1.165) is 0 Å². The molecule has 0 aliphatic heterocycles. The van der Waals surface area contributed by atoms with Crippen LogP contribution in [0.1, 0.15) is 15.9 Å². The van der Waals surface area contributed by atoms with Crippen molar-refractivity contribution in [2.75, 3.05) is 0 Å². The molecule has 0 spiro atoms. The predicted molar refractivity (Wildman–Crippen MR) is 39.4 cm³/mol. The molecule has 0 bridgehead atoms. The van der Waals surface area contributed by atoms with Crippen molar-refractivity contribution in [1.82, 2.24) is 0 Å². The minimum absolute atomic E-state index is 0.0318. The zero-order valence-corrected chi connectivity index (χ0v) is 5.82. The molecule has 3 nitrogen and oxygen atoms in total. The highest BCUT2D eigenvalue weighted by atomic mass is 16.3. The Hall–Kier alpha value is -1.35. The lowest BCUT2D eigenvalue weighted by atomic mass is 10.1. The normalized spacial score (nSPS) is 9.55. The summed E-state index contributed by atoms with van der Waals surface area (Å²) in [7, 11) is 0. The van der Waals surface area contributed by atoms with Gasteiger partial charge in [0.15, 0.2) is 6.29 Å². The van der Waals surface area contributed by atoms with Gasteiger partial charge in [-0.2, -0.15) is 0 Å². The molecule has 0 aliphatic rings. The second-order valence-electron chi connectivity index (χ2n) is 2.16. The molecule has 0 radical (unpaired) electrons. The monoisotopic (exact) mass is 152 g/mol. The molecular formula is C8H8O3. The first-order chi connectivity index (χ1) is 5.27. The molecule has 0 heterocycles. The quantitative estimate of drug-likeness (QED) is 0.613. The summed E-state index contributed by atoms with van der Waals surface area (Å²) in [5.41, 5.74) is 0.852. The van der Waals surface area contributed by atoms with E-state index in [2.05, 4.69) is 0 Å². The van der Waals surface area contributed by atoms with Crippen molar-refractivity contribution >= 4 is 6.29 Å². The van der Waals surface area contributed by atoms with E-state index in [1.54, 1.807) is 0 Å². The first-order valence-corrected chi connectivity index (χ1v) is 3.16. The van der Waals surface area contributed by atoms with Crippen LogP contribution in [-0.4, -0.2) is 16.5 Å². The summed E-state index contributed by atoms with van der Waals surface area (Å²) in [6.45, 7) is -0.186. The van der Waals surface area contributed by atoms with Crippen LogP contribution in [0.2, 0.25) is 0 Å². The molecule has 0 aliphatic carbocycles. The lowest BCUT2D eigenvalue weighted by Crippen LogP contribution is -1.90. The van der Waals surface area contributed by atoms with E-state index >= 15 is 0 Å². The van der Waals surface area contributed by atoms with Crippen LogP contribution in [-0.2, 0) is 6.61 Å². The second-order valence-corrected chi connectivity index (χ2v) is 2.16. The smallest absolute Gasteiger partial charge is 0.150 e. The number of benzene rings is 1. The van der Waals surface area contributed by atoms with Crippen molar-refractivity contribution in [3.05, 3.63) is 29.3 Å². The Balaban J connectivity index is 3.16. The molecule has 1 rings (SSSR count). The number of hydrogen-bond acceptors (Lipinski definition) is 3. The summed E-state index contributed by atoms with van der Waals surface area (Å²) < 4.78 is 0. The lowest BCUT2D eigenvalue weighted by Gasteiger charge is -1.99. The average molecular weight is 152 g/mol. The number of aldehydes is 1. The van der Waals surface area contributed by atoms with Gasteiger partial charge in [-0.05, 0) is 17.7 Å². The van der Waals surface area contributed by atoms with Gasteiger partial charge in [-0.15, -0.1) is 0 Å². The summed E-state index contributed by atoms with van der Waals surface area (Å²) in [4.78, 5) is 10.3. The van der Waals surface area contributed by atoms with Gasteiger partial charge in [0.25, 0.3) is 0 Å². The summed E-state index contributed by atoms with van der Waals surface area (Å²) in [5, 5.41) is 17.6. The van der Waals surface area contributed by atoms with Crippen molar-refractivity contribution in [1.29, 1.82) is 0 Å². The van der Waals surface area contributed by atoms with Gasteiger partial charge in [0.2, 0.25) is 0 Å². The molecule has 58 valence electrons. The average Bonchev–Trinajstić information content (AvgIpc) is 2.04. The van der Waals surface area contributed by atoms with Gasteiger partial charge >= 0.3 is 0 Å². The Morgan fingerprint density at radius 2 is 2.18 bits per heavy atom. The van der Waals surface area contributed by atoms with Crippen LogP contribution in [0.4, 0.5) is 0 Å². The maximum Gasteiger partial charge on any atom is 0.150 e. The van der Waals surface area contributed by atoms with E-state index in [9.17, 15) is 4.79 Å². The minimum atomic E-state index is -0.186. The number of aliphatic hydroxyl groups is 1. The van der Waals surface area contributed by atoms with Crippen LogP contribution < -0.4 is 0 Å². The number of rotatable bonds is 2. The first-order valence-electron chi connectivity index (χ1n) is 3.16. The zero-order valence-electron chi connectivity index (χ0n) is 5.82. The van der Waals surface area contributed by atoms with Crippen LogP contribution in [0.15, 0.2) is 18.2 Å². The third kappa shape index (κ3) is 1.56. The van der Waals surface area contributed by atoms with E-state index in [0.29, 0.717) is 17.4 Å². The lowest BCUT2D eigenvalue weighted by molar-refractivity contribution is 0.112. The fraction of sp³-hybridized carbons (Fsp3) is 0.125. The standard InChI is InChI=1S/C8H8O3/c9-4-6-1-2-8(11)3-7(6)5-10/h1-3,5,9,11H,4H2. The maximum atomic E-state index is 10.3. The highest BCUT2D eigenvalue weighted by Crippen LogP contribution is 2.14. The molecule has 11 heavy (non-hydrogen) atoms. The molecule has 0 amide bonds. The maximum absolute atomic E-state index is 10.3. The first kappa shape index (κ1) is 7.75. The molecule has 0 saturated carbocycles. The third-order valence-electron chi connectivity index (χ3n) is 1.43. The van der Waals surface area contributed by atoms with E-state index < -0.39 is 0 Å².